The Bertz CT molecular complexity index is 745. The summed E-state index contributed by atoms with van der Waals surface area (Å²) in [4.78, 5) is 8.30. The Morgan fingerprint density at radius 3 is 2.65 bits per heavy atom. The number of ether oxygens (including phenoxy) is 2. The largest absolute Gasteiger partial charge is 0.480 e. The van der Waals surface area contributed by atoms with E-state index in [0.717, 1.165) is 24.8 Å². The molecule has 2 N–H and O–H groups in total. The van der Waals surface area contributed by atoms with Gasteiger partial charge in [0.2, 0.25) is 5.88 Å². The highest BCUT2D eigenvalue weighted by atomic mass is 16.5. The van der Waals surface area contributed by atoms with Gasteiger partial charge in [0, 0.05) is 11.8 Å². The van der Waals surface area contributed by atoms with Crippen molar-refractivity contribution in [3.8, 4) is 23.1 Å². The van der Waals surface area contributed by atoms with E-state index in [4.69, 9.17) is 15.2 Å². The van der Waals surface area contributed by atoms with Crippen LogP contribution < -0.4 is 15.2 Å². The van der Waals surface area contributed by atoms with Gasteiger partial charge in [-0.25, -0.2) is 4.98 Å². The average Bonchev–Trinajstić information content (AvgIpc) is 2.62. The SMILES string of the molecule is COc1ncc(-c2cc(C3=CCCCC3)c(N)nn2)c(OC)n1. The Morgan fingerprint density at radius 1 is 1.09 bits per heavy atom. The van der Waals surface area contributed by atoms with Crippen LogP contribution in [0.4, 0.5) is 5.82 Å². The van der Waals surface area contributed by atoms with Gasteiger partial charge in [0.1, 0.15) is 5.69 Å². The number of rotatable bonds is 4. The van der Waals surface area contributed by atoms with Gasteiger partial charge in [0.05, 0.1) is 19.8 Å². The van der Waals surface area contributed by atoms with E-state index in [-0.39, 0.29) is 6.01 Å². The summed E-state index contributed by atoms with van der Waals surface area (Å²) in [5.74, 6) is 0.829. The van der Waals surface area contributed by atoms with Gasteiger partial charge in [-0.05, 0) is 37.3 Å². The van der Waals surface area contributed by atoms with E-state index < -0.39 is 0 Å². The smallest absolute Gasteiger partial charge is 0.319 e. The number of hydrogen-bond acceptors (Lipinski definition) is 7. The second kappa shape index (κ2) is 6.60. The Kier molecular flexibility index (Phi) is 4.36. The van der Waals surface area contributed by atoms with E-state index in [1.54, 1.807) is 13.3 Å². The lowest BCUT2D eigenvalue weighted by Gasteiger charge is -2.15. The van der Waals surface area contributed by atoms with Gasteiger partial charge in [-0.2, -0.15) is 4.98 Å². The number of hydrogen-bond donors (Lipinski definition) is 1. The fourth-order valence-corrected chi connectivity index (χ4v) is 2.65. The lowest BCUT2D eigenvalue weighted by molar-refractivity contribution is 0.353. The minimum Gasteiger partial charge on any atom is -0.480 e. The number of methoxy groups -OCH3 is 2. The predicted molar refractivity (Wildman–Crippen MR) is 87.0 cm³/mol. The van der Waals surface area contributed by atoms with Crippen molar-refractivity contribution < 1.29 is 9.47 Å². The van der Waals surface area contributed by atoms with Gasteiger partial charge in [0.25, 0.3) is 0 Å². The maximum atomic E-state index is 6.02. The van der Waals surface area contributed by atoms with Crippen LogP contribution in [0, 0.1) is 0 Å². The van der Waals surface area contributed by atoms with Crippen LogP contribution in [0.15, 0.2) is 18.3 Å². The minimum atomic E-state index is 0.240. The third-order valence-corrected chi connectivity index (χ3v) is 3.84. The molecule has 0 radical (unpaired) electrons. The Labute approximate surface area is 134 Å². The topological polar surface area (TPSA) is 96.0 Å². The van der Waals surface area contributed by atoms with Crippen LogP contribution in [-0.4, -0.2) is 34.4 Å². The summed E-state index contributed by atoms with van der Waals surface area (Å²) in [6, 6.07) is 2.16. The van der Waals surface area contributed by atoms with Crippen molar-refractivity contribution >= 4 is 11.4 Å². The molecule has 7 nitrogen and oxygen atoms in total. The zero-order valence-corrected chi connectivity index (χ0v) is 13.2. The summed E-state index contributed by atoms with van der Waals surface area (Å²) < 4.78 is 10.3. The molecule has 0 aliphatic heterocycles. The lowest BCUT2D eigenvalue weighted by Crippen LogP contribution is -2.04. The molecule has 0 aromatic carbocycles. The van der Waals surface area contributed by atoms with Crippen molar-refractivity contribution in [3.05, 3.63) is 23.9 Å². The quantitative estimate of drug-likeness (QED) is 0.926. The van der Waals surface area contributed by atoms with Gasteiger partial charge >= 0.3 is 6.01 Å². The average molecular weight is 313 g/mol. The predicted octanol–water partition coefficient (Wildman–Crippen LogP) is 2.49. The Balaban J connectivity index is 2.05. The zero-order chi connectivity index (χ0) is 16.2. The van der Waals surface area contributed by atoms with Crippen molar-refractivity contribution in [2.45, 2.75) is 25.7 Å². The van der Waals surface area contributed by atoms with Gasteiger partial charge in [-0.15, -0.1) is 10.2 Å². The Hall–Kier alpha value is -2.70. The fraction of sp³-hybridized carbons (Fsp3) is 0.375. The zero-order valence-electron chi connectivity index (χ0n) is 13.2. The third kappa shape index (κ3) is 3.08. The van der Waals surface area contributed by atoms with Gasteiger partial charge in [0.15, 0.2) is 5.82 Å². The highest BCUT2D eigenvalue weighted by Crippen LogP contribution is 2.33. The van der Waals surface area contributed by atoms with Crippen LogP contribution >= 0.6 is 0 Å². The first kappa shape index (κ1) is 15.2. The molecule has 0 fully saturated rings. The molecule has 120 valence electrons. The molecular formula is C16H19N5O2. The van der Waals surface area contributed by atoms with E-state index >= 15 is 0 Å². The first-order valence-electron chi connectivity index (χ1n) is 7.51. The summed E-state index contributed by atoms with van der Waals surface area (Å²) >= 11 is 0. The van der Waals surface area contributed by atoms with Crippen molar-refractivity contribution in [1.29, 1.82) is 0 Å². The minimum absolute atomic E-state index is 0.240. The maximum absolute atomic E-state index is 6.02. The molecule has 7 heteroatoms. The van der Waals surface area contributed by atoms with Crippen molar-refractivity contribution in [2.24, 2.45) is 0 Å². The van der Waals surface area contributed by atoms with E-state index in [1.165, 1.54) is 19.1 Å². The standard InChI is InChI=1S/C16H19N5O2/c1-22-15-12(9-18-16(19-15)23-2)13-8-11(14(17)21-20-13)10-6-4-3-5-7-10/h6,8-9H,3-5,7H2,1-2H3,(H2,17,21). The number of nitrogens with two attached hydrogens (primary N) is 1. The van der Waals surface area contributed by atoms with Crippen molar-refractivity contribution in [1.82, 2.24) is 20.2 Å². The van der Waals surface area contributed by atoms with Crippen LogP contribution in [0.25, 0.3) is 16.8 Å². The highest BCUT2D eigenvalue weighted by Gasteiger charge is 2.16. The highest BCUT2D eigenvalue weighted by molar-refractivity contribution is 5.77. The van der Waals surface area contributed by atoms with Crippen LogP contribution in [0.3, 0.4) is 0 Å². The van der Waals surface area contributed by atoms with Gasteiger partial charge in [-0.3, -0.25) is 0 Å². The van der Waals surface area contributed by atoms with Crippen LogP contribution in [0.2, 0.25) is 0 Å². The second-order valence-corrected chi connectivity index (χ2v) is 5.28. The molecule has 0 saturated heterocycles. The summed E-state index contributed by atoms with van der Waals surface area (Å²) in [6.45, 7) is 0. The van der Waals surface area contributed by atoms with Crippen molar-refractivity contribution in [3.63, 3.8) is 0 Å². The molecule has 0 amide bonds. The van der Waals surface area contributed by atoms with E-state index in [0.29, 0.717) is 23.0 Å². The van der Waals surface area contributed by atoms with Crippen LogP contribution in [0.1, 0.15) is 31.2 Å². The lowest BCUT2D eigenvalue weighted by atomic mass is 9.93. The molecule has 1 aliphatic carbocycles. The molecule has 3 rings (SSSR count). The molecule has 0 spiro atoms. The molecule has 2 aromatic heterocycles. The Morgan fingerprint density at radius 2 is 1.96 bits per heavy atom. The number of aromatic nitrogens is 4. The van der Waals surface area contributed by atoms with E-state index in [1.807, 2.05) is 6.07 Å². The van der Waals surface area contributed by atoms with Crippen LogP contribution in [-0.2, 0) is 0 Å². The molecule has 1 aliphatic rings. The first-order chi connectivity index (χ1) is 11.2. The van der Waals surface area contributed by atoms with E-state index in [2.05, 4.69) is 26.2 Å². The molecule has 23 heavy (non-hydrogen) atoms. The summed E-state index contributed by atoms with van der Waals surface area (Å²) in [7, 11) is 3.05. The number of allylic oxidation sites excluding steroid dienone is 2. The number of nitrogens with zero attached hydrogens (tertiary/aromatic N) is 4. The summed E-state index contributed by atoms with van der Waals surface area (Å²) in [5.41, 5.74) is 9.44. The molecule has 2 aromatic rings. The number of nitrogen functional groups attached to an aromatic ring is 1. The van der Waals surface area contributed by atoms with E-state index in [9.17, 15) is 0 Å². The molecular weight excluding hydrogens is 294 g/mol. The van der Waals surface area contributed by atoms with Gasteiger partial charge < -0.3 is 15.2 Å². The molecule has 0 bridgehead atoms. The maximum Gasteiger partial charge on any atom is 0.319 e. The second-order valence-electron chi connectivity index (χ2n) is 5.28. The summed E-state index contributed by atoms with van der Waals surface area (Å²) in [5, 5.41) is 8.26. The van der Waals surface area contributed by atoms with Gasteiger partial charge in [-0.1, -0.05) is 6.08 Å². The summed E-state index contributed by atoms with van der Waals surface area (Å²) in [6.07, 6.45) is 8.30. The monoisotopic (exact) mass is 313 g/mol. The molecule has 2 heterocycles. The fourth-order valence-electron chi connectivity index (χ4n) is 2.65. The third-order valence-electron chi connectivity index (χ3n) is 3.84. The van der Waals surface area contributed by atoms with Crippen molar-refractivity contribution in [2.75, 3.05) is 20.0 Å². The molecule has 0 unspecified atom stereocenters. The normalized spacial score (nSPS) is 14.3. The molecule has 0 saturated carbocycles. The van der Waals surface area contributed by atoms with Crippen LogP contribution in [0.5, 0.6) is 11.9 Å². The molecule has 0 atom stereocenters. The first-order valence-corrected chi connectivity index (χ1v) is 7.51. The number of anilines is 1.